The molecule has 2 atom stereocenters. The van der Waals surface area contributed by atoms with Crippen LogP contribution in [0.15, 0.2) is 47.6 Å². The maximum absolute atomic E-state index is 13.4. The molecule has 13 nitrogen and oxygen atoms in total. The van der Waals surface area contributed by atoms with E-state index in [-0.39, 0.29) is 31.6 Å². The third kappa shape index (κ3) is 7.08. The van der Waals surface area contributed by atoms with Crippen LogP contribution in [0.2, 0.25) is 0 Å². The molecule has 216 valence electrons. The summed E-state index contributed by atoms with van der Waals surface area (Å²) in [5, 5.41) is 28.3. The molecular weight excluding hydrogens is 535 g/mol. The molecule has 1 saturated heterocycles. The van der Waals surface area contributed by atoms with Gasteiger partial charge in [0, 0.05) is 29.7 Å². The summed E-state index contributed by atoms with van der Waals surface area (Å²) in [7, 11) is 0. The van der Waals surface area contributed by atoms with Crippen LogP contribution in [0.25, 0.3) is 10.9 Å². The number of hydrogen-bond acceptors (Lipinski definition) is 9. The Balaban J connectivity index is 1.24. The average molecular weight is 567 g/mol. The largest absolute Gasteiger partial charge is 0.481 e. The van der Waals surface area contributed by atoms with Crippen molar-refractivity contribution in [3.63, 3.8) is 0 Å². The summed E-state index contributed by atoms with van der Waals surface area (Å²) in [6, 6.07) is 9.78. The molecular formula is C27H31FN8O5. The number of morpholine rings is 1. The summed E-state index contributed by atoms with van der Waals surface area (Å²) in [6.45, 7) is 2.43. The summed E-state index contributed by atoms with van der Waals surface area (Å²) in [5.74, 6) is -1.75. The first-order chi connectivity index (χ1) is 19.9. The Bertz CT molecular complexity index is 1450. The smallest absolute Gasteiger partial charge is 0.305 e. The van der Waals surface area contributed by atoms with Crippen LogP contribution in [0, 0.1) is 0 Å². The van der Waals surface area contributed by atoms with Crippen molar-refractivity contribution in [2.75, 3.05) is 56.2 Å². The summed E-state index contributed by atoms with van der Waals surface area (Å²) in [4.78, 5) is 43.7. The highest BCUT2D eigenvalue weighted by molar-refractivity contribution is 6.07. The van der Waals surface area contributed by atoms with Crippen molar-refractivity contribution >= 4 is 46.0 Å². The Hall–Kier alpha value is -4.72. The number of carbonyl (C=O) groups excluding carboxylic acids is 2. The second-order valence-corrected chi connectivity index (χ2v) is 9.74. The van der Waals surface area contributed by atoms with Gasteiger partial charge in [0.2, 0.25) is 5.91 Å². The Kier molecular flexibility index (Phi) is 8.58. The van der Waals surface area contributed by atoms with Gasteiger partial charge in [-0.05, 0) is 29.8 Å². The van der Waals surface area contributed by atoms with Gasteiger partial charge in [-0.1, -0.05) is 12.1 Å². The standard InChI is InChI=1S/C27H31FN8O5/c28-18-12-30-27(31-13-18)34-22-9-17(10-23-20(22)14-32-35-23)26(40)29-15-24(37)33-21(11-25(38)39)16-2-1-3-19(8-16)36-4-6-41-7-5-36/h1-3,8-10,14,18,21H,4-7,11-13,15H2,(H,29,40)(H,32,35)(H,33,37)(H,38,39)(H2,30,31,34)/t21-/m0/s1. The molecule has 6 N–H and O–H groups in total. The van der Waals surface area contributed by atoms with Crippen molar-refractivity contribution < 1.29 is 28.6 Å². The predicted molar refractivity (Wildman–Crippen MR) is 150 cm³/mol. The summed E-state index contributed by atoms with van der Waals surface area (Å²) in [6.07, 6.45) is 0.199. The zero-order chi connectivity index (χ0) is 28.8. The van der Waals surface area contributed by atoms with Crippen LogP contribution in [-0.2, 0) is 14.3 Å². The van der Waals surface area contributed by atoms with Crippen LogP contribution >= 0.6 is 0 Å². The average Bonchev–Trinajstić information content (AvgIpc) is 3.46. The molecule has 0 saturated carbocycles. The minimum absolute atomic E-state index is 0.0273. The first kappa shape index (κ1) is 27.8. The van der Waals surface area contributed by atoms with E-state index in [1.54, 1.807) is 24.4 Å². The quantitative estimate of drug-likeness (QED) is 0.222. The Morgan fingerprint density at radius 2 is 2.02 bits per heavy atom. The van der Waals surface area contributed by atoms with Crippen molar-refractivity contribution in [3.8, 4) is 0 Å². The van der Waals surface area contributed by atoms with E-state index in [9.17, 15) is 23.9 Å². The molecule has 0 spiro atoms. The number of carboxylic acids is 1. The highest BCUT2D eigenvalue weighted by Crippen LogP contribution is 2.25. The number of fused-ring (bicyclic) bond motifs is 1. The van der Waals surface area contributed by atoms with Gasteiger partial charge in [0.05, 0.1) is 62.7 Å². The maximum Gasteiger partial charge on any atom is 0.305 e. The molecule has 3 aromatic rings. The predicted octanol–water partition coefficient (Wildman–Crippen LogP) is 1.17. The van der Waals surface area contributed by atoms with Crippen LogP contribution in [0.1, 0.15) is 28.4 Å². The van der Waals surface area contributed by atoms with E-state index in [1.165, 1.54) is 0 Å². The topological polar surface area (TPSA) is 173 Å². The van der Waals surface area contributed by atoms with Crippen LogP contribution in [0.4, 0.5) is 15.8 Å². The van der Waals surface area contributed by atoms with Crippen molar-refractivity contribution in [2.24, 2.45) is 4.99 Å². The summed E-state index contributed by atoms with van der Waals surface area (Å²) in [5.41, 5.74) is 2.91. The molecule has 2 aliphatic rings. The fraction of sp³-hybridized carbons (Fsp3) is 0.370. The lowest BCUT2D eigenvalue weighted by atomic mass is 10.0. The van der Waals surface area contributed by atoms with Gasteiger partial charge in [-0.15, -0.1) is 0 Å². The number of rotatable bonds is 9. The van der Waals surface area contributed by atoms with E-state index in [1.807, 2.05) is 18.2 Å². The number of aromatic amines is 1. The van der Waals surface area contributed by atoms with Crippen LogP contribution in [0.3, 0.4) is 0 Å². The number of aromatic nitrogens is 2. The number of guanidine groups is 1. The number of aliphatic carboxylic acids is 1. The molecule has 3 heterocycles. The van der Waals surface area contributed by atoms with Gasteiger partial charge in [-0.3, -0.25) is 19.5 Å². The maximum atomic E-state index is 13.4. The summed E-state index contributed by atoms with van der Waals surface area (Å²) < 4.78 is 18.8. The number of amides is 2. The highest BCUT2D eigenvalue weighted by atomic mass is 19.1. The minimum Gasteiger partial charge on any atom is -0.481 e. The third-order valence-electron chi connectivity index (χ3n) is 6.78. The van der Waals surface area contributed by atoms with Crippen LogP contribution < -0.4 is 26.2 Å². The minimum atomic E-state index is -1.07. The number of aliphatic imine (C=N–C) groups is 1. The molecule has 1 aromatic heterocycles. The number of carbonyl (C=O) groups is 3. The lowest BCUT2D eigenvalue weighted by Crippen LogP contribution is -2.41. The molecule has 14 heteroatoms. The lowest BCUT2D eigenvalue weighted by molar-refractivity contribution is -0.137. The van der Waals surface area contributed by atoms with Crippen molar-refractivity contribution in [1.82, 2.24) is 26.1 Å². The first-order valence-electron chi connectivity index (χ1n) is 13.2. The van der Waals surface area contributed by atoms with Gasteiger partial charge in [0.25, 0.3) is 5.91 Å². The number of alkyl halides is 1. The zero-order valence-corrected chi connectivity index (χ0v) is 22.2. The second kappa shape index (κ2) is 12.6. The normalized spacial score (nSPS) is 17.7. The summed E-state index contributed by atoms with van der Waals surface area (Å²) >= 11 is 0. The number of halogens is 1. The second-order valence-electron chi connectivity index (χ2n) is 9.74. The van der Waals surface area contributed by atoms with Crippen LogP contribution in [-0.4, -0.2) is 91.2 Å². The monoisotopic (exact) mass is 566 g/mol. The Labute approximate surface area is 234 Å². The van der Waals surface area contributed by atoms with Gasteiger partial charge >= 0.3 is 5.97 Å². The van der Waals surface area contributed by atoms with Crippen molar-refractivity contribution in [1.29, 1.82) is 0 Å². The van der Waals surface area contributed by atoms with Gasteiger partial charge in [0.15, 0.2) is 5.96 Å². The fourth-order valence-electron chi connectivity index (χ4n) is 4.71. The van der Waals surface area contributed by atoms with Gasteiger partial charge in [-0.25, -0.2) is 9.38 Å². The number of nitrogens with one attached hydrogen (secondary N) is 5. The molecule has 5 rings (SSSR count). The number of benzene rings is 2. The fourth-order valence-corrected chi connectivity index (χ4v) is 4.71. The van der Waals surface area contributed by atoms with Crippen molar-refractivity contribution in [2.45, 2.75) is 18.6 Å². The number of anilines is 2. The molecule has 2 aliphatic heterocycles. The van der Waals surface area contributed by atoms with E-state index in [0.29, 0.717) is 41.3 Å². The number of H-pyrrole nitrogens is 1. The number of hydrogen-bond donors (Lipinski definition) is 6. The molecule has 2 aromatic carbocycles. The molecule has 2 amide bonds. The number of nitrogens with zero attached hydrogens (tertiary/aromatic N) is 3. The number of ether oxygens (including phenoxy) is 1. The number of carboxylic acid groups (broad SMARTS) is 1. The zero-order valence-electron chi connectivity index (χ0n) is 22.2. The van der Waals surface area contributed by atoms with E-state index in [0.717, 1.165) is 18.8 Å². The van der Waals surface area contributed by atoms with Crippen molar-refractivity contribution in [3.05, 3.63) is 53.7 Å². The molecule has 41 heavy (non-hydrogen) atoms. The highest BCUT2D eigenvalue weighted by Gasteiger charge is 2.21. The van der Waals surface area contributed by atoms with E-state index >= 15 is 0 Å². The molecule has 1 fully saturated rings. The van der Waals surface area contributed by atoms with E-state index in [2.05, 4.69) is 41.4 Å². The molecule has 0 aliphatic carbocycles. The van der Waals surface area contributed by atoms with Crippen LogP contribution in [0.5, 0.6) is 0 Å². The van der Waals surface area contributed by atoms with Gasteiger partial charge < -0.3 is 36.0 Å². The Morgan fingerprint density at radius 1 is 1.20 bits per heavy atom. The lowest BCUT2D eigenvalue weighted by Gasteiger charge is -2.29. The molecule has 0 radical (unpaired) electrons. The Morgan fingerprint density at radius 3 is 2.78 bits per heavy atom. The van der Waals surface area contributed by atoms with Gasteiger partial charge in [0.1, 0.15) is 6.17 Å². The third-order valence-corrected chi connectivity index (χ3v) is 6.78. The SMILES string of the molecule is O=C(O)C[C@H](NC(=O)CNC(=O)c1cc(NC2=NCC(F)CN2)c2cn[nH]c2c1)c1cccc(N2CCOCC2)c1. The molecule has 1 unspecified atom stereocenters. The van der Waals surface area contributed by atoms with Gasteiger partial charge in [-0.2, -0.15) is 5.10 Å². The van der Waals surface area contributed by atoms with E-state index in [4.69, 9.17) is 4.74 Å². The first-order valence-corrected chi connectivity index (χ1v) is 13.2. The molecule has 0 bridgehead atoms. The van der Waals surface area contributed by atoms with E-state index < -0.39 is 30.0 Å².